The Hall–Kier alpha value is -1.87. The van der Waals surface area contributed by atoms with Crippen molar-refractivity contribution in [1.82, 2.24) is 0 Å². The van der Waals surface area contributed by atoms with Crippen LogP contribution in [0.25, 0.3) is 0 Å². The minimum Gasteiger partial charge on any atom is -0.462 e. The summed E-state index contributed by atoms with van der Waals surface area (Å²) in [5.41, 5.74) is 1.62. The third kappa shape index (κ3) is 3.80. The highest BCUT2D eigenvalue weighted by Gasteiger charge is 2.09. The van der Waals surface area contributed by atoms with E-state index in [9.17, 15) is 4.79 Å². The maximum atomic E-state index is 11.6. The summed E-state index contributed by atoms with van der Waals surface area (Å²) in [5.74, 6) is -0.287. The molecule has 0 saturated carbocycles. The van der Waals surface area contributed by atoms with Gasteiger partial charge in [-0.15, -0.1) is 0 Å². The zero-order valence-corrected chi connectivity index (χ0v) is 11.4. The normalized spacial score (nSPS) is 10.2. The Kier molecular flexibility index (Phi) is 4.53. The molecule has 0 aliphatic carbocycles. The van der Waals surface area contributed by atoms with E-state index in [0.29, 0.717) is 23.7 Å². The number of nitrogens with zero attached hydrogens (tertiary/aromatic N) is 1. The van der Waals surface area contributed by atoms with E-state index in [-0.39, 0.29) is 5.97 Å². The molecular formula is C15H15ClNO2+. The van der Waals surface area contributed by atoms with E-state index >= 15 is 0 Å². The molecule has 0 amide bonds. The van der Waals surface area contributed by atoms with Gasteiger partial charge in [0.05, 0.1) is 17.2 Å². The van der Waals surface area contributed by atoms with Crippen molar-refractivity contribution in [3.05, 3.63) is 64.9 Å². The average molecular weight is 277 g/mol. The van der Waals surface area contributed by atoms with E-state index in [2.05, 4.69) is 0 Å². The Morgan fingerprint density at radius 1 is 1.26 bits per heavy atom. The van der Waals surface area contributed by atoms with Crippen LogP contribution in [0, 0.1) is 0 Å². The molecule has 98 valence electrons. The molecule has 0 bridgehead atoms. The summed E-state index contributed by atoms with van der Waals surface area (Å²) in [7, 11) is 0. The first-order chi connectivity index (χ1) is 9.19. The topological polar surface area (TPSA) is 30.2 Å². The molecule has 1 aromatic heterocycles. The molecule has 0 N–H and O–H groups in total. The first-order valence-electron chi connectivity index (χ1n) is 6.09. The van der Waals surface area contributed by atoms with Gasteiger partial charge in [-0.1, -0.05) is 23.7 Å². The van der Waals surface area contributed by atoms with Gasteiger partial charge in [0, 0.05) is 17.7 Å². The molecule has 0 radical (unpaired) electrons. The highest BCUT2D eigenvalue weighted by molar-refractivity contribution is 6.30. The van der Waals surface area contributed by atoms with E-state index < -0.39 is 0 Å². The van der Waals surface area contributed by atoms with Gasteiger partial charge in [0.15, 0.2) is 18.9 Å². The van der Waals surface area contributed by atoms with Crippen LogP contribution in [0.1, 0.15) is 22.8 Å². The van der Waals surface area contributed by atoms with E-state index in [1.807, 2.05) is 47.3 Å². The average Bonchev–Trinajstić information content (AvgIpc) is 2.42. The van der Waals surface area contributed by atoms with Crippen LogP contribution in [0.2, 0.25) is 5.02 Å². The molecule has 0 saturated heterocycles. The largest absolute Gasteiger partial charge is 0.462 e. The summed E-state index contributed by atoms with van der Waals surface area (Å²) in [6.45, 7) is 2.87. The first kappa shape index (κ1) is 13.6. The second kappa shape index (κ2) is 6.34. The second-order valence-electron chi connectivity index (χ2n) is 4.11. The molecule has 0 spiro atoms. The molecular weight excluding hydrogens is 262 g/mol. The van der Waals surface area contributed by atoms with E-state index in [0.717, 1.165) is 5.56 Å². The number of ether oxygens (including phenoxy) is 1. The highest BCUT2D eigenvalue weighted by Crippen LogP contribution is 2.07. The monoisotopic (exact) mass is 276 g/mol. The van der Waals surface area contributed by atoms with Crippen LogP contribution < -0.4 is 4.57 Å². The lowest BCUT2D eigenvalue weighted by Gasteiger charge is -2.03. The number of esters is 1. The fraction of sp³-hybridized carbons (Fsp3) is 0.200. The first-order valence-corrected chi connectivity index (χ1v) is 6.47. The highest BCUT2D eigenvalue weighted by atomic mass is 35.5. The summed E-state index contributed by atoms with van der Waals surface area (Å²) < 4.78 is 6.98. The number of carbonyl (C=O) groups excluding carboxylic acids is 1. The van der Waals surface area contributed by atoms with Crippen LogP contribution in [0.15, 0.2) is 48.8 Å². The smallest absolute Gasteiger partial charge is 0.338 e. The van der Waals surface area contributed by atoms with E-state index in [1.165, 1.54) is 0 Å². The Morgan fingerprint density at radius 3 is 2.68 bits per heavy atom. The Bertz CT molecular complexity index is 567. The predicted molar refractivity (Wildman–Crippen MR) is 73.1 cm³/mol. The zero-order chi connectivity index (χ0) is 13.7. The van der Waals surface area contributed by atoms with Gasteiger partial charge in [-0.3, -0.25) is 0 Å². The summed E-state index contributed by atoms with van der Waals surface area (Å²) in [5, 5.41) is 0.705. The van der Waals surface area contributed by atoms with Crippen LogP contribution in [-0.2, 0) is 11.3 Å². The predicted octanol–water partition coefficient (Wildman–Crippen LogP) is 2.85. The van der Waals surface area contributed by atoms with Crippen LogP contribution in [0.4, 0.5) is 0 Å². The lowest BCUT2D eigenvalue weighted by molar-refractivity contribution is -0.688. The van der Waals surface area contributed by atoms with Gasteiger partial charge in [0.25, 0.3) is 0 Å². The zero-order valence-electron chi connectivity index (χ0n) is 10.7. The number of hydrogen-bond acceptors (Lipinski definition) is 2. The second-order valence-corrected chi connectivity index (χ2v) is 4.55. The SMILES string of the molecule is CCOC(=O)c1cccc(C[n+]2ccc(Cl)cc2)c1. The van der Waals surface area contributed by atoms with E-state index in [4.69, 9.17) is 16.3 Å². The summed E-state index contributed by atoms with van der Waals surface area (Å²) in [6, 6.07) is 11.1. The molecule has 4 heteroatoms. The minimum absolute atomic E-state index is 0.287. The number of halogens is 1. The molecule has 0 fully saturated rings. The van der Waals surface area contributed by atoms with Crippen molar-refractivity contribution in [2.24, 2.45) is 0 Å². The Labute approximate surface area is 117 Å². The Balaban J connectivity index is 2.15. The summed E-state index contributed by atoms with van der Waals surface area (Å²) in [4.78, 5) is 11.6. The fourth-order valence-corrected chi connectivity index (χ4v) is 1.88. The molecule has 1 aromatic carbocycles. The summed E-state index contributed by atoms with van der Waals surface area (Å²) >= 11 is 5.84. The molecule has 2 rings (SSSR count). The van der Waals surface area contributed by atoms with Crippen LogP contribution >= 0.6 is 11.6 Å². The quantitative estimate of drug-likeness (QED) is 0.635. The van der Waals surface area contributed by atoms with Gasteiger partial charge in [0.1, 0.15) is 0 Å². The molecule has 0 unspecified atom stereocenters. The van der Waals surface area contributed by atoms with Crippen molar-refractivity contribution in [1.29, 1.82) is 0 Å². The van der Waals surface area contributed by atoms with Crippen molar-refractivity contribution < 1.29 is 14.1 Å². The standard InChI is InChI=1S/C15H15ClNO2/c1-2-19-15(18)13-5-3-4-12(10-13)11-17-8-6-14(16)7-9-17/h3-10H,2,11H2,1H3/q+1. The molecule has 0 aliphatic rings. The lowest BCUT2D eigenvalue weighted by Crippen LogP contribution is -2.33. The van der Waals surface area contributed by atoms with Crippen LogP contribution in [0.3, 0.4) is 0 Å². The number of pyridine rings is 1. The number of hydrogen-bond donors (Lipinski definition) is 0. The van der Waals surface area contributed by atoms with Crippen molar-refractivity contribution in [3.8, 4) is 0 Å². The van der Waals surface area contributed by atoms with Gasteiger partial charge in [-0.25, -0.2) is 9.36 Å². The van der Waals surface area contributed by atoms with Crippen molar-refractivity contribution in [2.75, 3.05) is 6.61 Å². The number of aromatic nitrogens is 1. The van der Waals surface area contributed by atoms with Gasteiger partial charge in [-0.05, 0) is 19.1 Å². The Morgan fingerprint density at radius 2 is 2.00 bits per heavy atom. The van der Waals surface area contributed by atoms with Crippen molar-refractivity contribution >= 4 is 17.6 Å². The molecule has 2 aromatic rings. The summed E-state index contributed by atoms with van der Waals surface area (Å²) in [6.07, 6.45) is 3.80. The number of benzene rings is 1. The van der Waals surface area contributed by atoms with Gasteiger partial charge in [0.2, 0.25) is 0 Å². The molecule has 19 heavy (non-hydrogen) atoms. The molecule has 1 heterocycles. The molecule has 0 aliphatic heterocycles. The van der Waals surface area contributed by atoms with Gasteiger partial charge >= 0.3 is 5.97 Å². The van der Waals surface area contributed by atoms with Gasteiger partial charge in [-0.2, -0.15) is 0 Å². The molecule has 3 nitrogen and oxygen atoms in total. The number of carbonyl (C=O) groups is 1. The minimum atomic E-state index is -0.287. The maximum absolute atomic E-state index is 11.6. The fourth-order valence-electron chi connectivity index (χ4n) is 1.77. The van der Waals surface area contributed by atoms with Crippen molar-refractivity contribution in [2.45, 2.75) is 13.5 Å². The van der Waals surface area contributed by atoms with Crippen LogP contribution in [0.5, 0.6) is 0 Å². The number of rotatable bonds is 4. The van der Waals surface area contributed by atoms with Crippen molar-refractivity contribution in [3.63, 3.8) is 0 Å². The van der Waals surface area contributed by atoms with Gasteiger partial charge < -0.3 is 4.74 Å². The maximum Gasteiger partial charge on any atom is 0.338 e. The van der Waals surface area contributed by atoms with Crippen LogP contribution in [-0.4, -0.2) is 12.6 Å². The van der Waals surface area contributed by atoms with E-state index in [1.54, 1.807) is 13.0 Å². The molecule has 0 atom stereocenters. The third-order valence-electron chi connectivity index (χ3n) is 2.65. The lowest BCUT2D eigenvalue weighted by atomic mass is 10.1. The third-order valence-corrected chi connectivity index (χ3v) is 2.91.